The Morgan fingerprint density at radius 2 is 1.86 bits per heavy atom. The summed E-state index contributed by atoms with van der Waals surface area (Å²) in [7, 11) is 0. The minimum Gasteiger partial charge on any atom is -0.467 e. The molecule has 21 heavy (non-hydrogen) atoms. The average molecular weight is 298 g/mol. The van der Waals surface area contributed by atoms with Crippen molar-refractivity contribution in [3.8, 4) is 0 Å². The third kappa shape index (κ3) is 6.15. The van der Waals surface area contributed by atoms with Crippen LogP contribution in [-0.2, 0) is 11.3 Å². The second-order valence-corrected chi connectivity index (χ2v) is 5.70. The Balaban J connectivity index is 1.57. The Hall–Kier alpha value is -0.920. The van der Waals surface area contributed by atoms with Crippen LogP contribution in [0, 0.1) is 0 Å². The van der Waals surface area contributed by atoms with Crippen molar-refractivity contribution in [1.29, 1.82) is 0 Å². The topological polar surface area (TPSA) is 69.3 Å². The van der Waals surface area contributed by atoms with Gasteiger partial charge in [-0.3, -0.25) is 9.80 Å². The van der Waals surface area contributed by atoms with Gasteiger partial charge in [0, 0.05) is 39.3 Å². The fourth-order valence-electron chi connectivity index (χ4n) is 2.57. The first-order valence-electron chi connectivity index (χ1n) is 7.54. The first-order chi connectivity index (χ1) is 10.1. The van der Waals surface area contributed by atoms with Crippen LogP contribution in [0.1, 0.15) is 12.7 Å². The monoisotopic (exact) mass is 298 g/mol. The van der Waals surface area contributed by atoms with Gasteiger partial charge in [-0.25, -0.2) is 0 Å². The molecule has 1 aromatic heterocycles. The van der Waals surface area contributed by atoms with E-state index in [0.717, 1.165) is 38.5 Å². The maximum atomic E-state index is 9.99. The molecule has 2 rings (SSSR count). The van der Waals surface area contributed by atoms with Gasteiger partial charge in [0.25, 0.3) is 0 Å². The summed E-state index contributed by atoms with van der Waals surface area (Å²) in [5.41, 5.74) is 0. The van der Waals surface area contributed by atoms with Gasteiger partial charge in [0.15, 0.2) is 0 Å². The van der Waals surface area contributed by atoms with Crippen molar-refractivity contribution in [1.82, 2.24) is 9.80 Å². The van der Waals surface area contributed by atoms with Crippen LogP contribution in [0.25, 0.3) is 0 Å². The molecule has 1 fully saturated rings. The molecule has 6 heteroatoms. The standard InChI is InChI=1S/C15H26N2O4/c1-13(18)9-16-4-6-17(7-5-16)10-14(19)11-20-12-15-3-2-8-21-15/h2-3,8,13-14,18-19H,4-7,9-12H2,1H3/t13-,14+/m0/s1. The highest BCUT2D eigenvalue weighted by atomic mass is 16.5. The van der Waals surface area contributed by atoms with Gasteiger partial charge in [0.2, 0.25) is 0 Å². The van der Waals surface area contributed by atoms with Crippen LogP contribution >= 0.6 is 0 Å². The third-order valence-electron chi connectivity index (χ3n) is 3.59. The van der Waals surface area contributed by atoms with E-state index in [4.69, 9.17) is 9.15 Å². The van der Waals surface area contributed by atoms with E-state index in [1.54, 1.807) is 6.26 Å². The van der Waals surface area contributed by atoms with E-state index in [1.165, 1.54) is 0 Å². The molecule has 0 aliphatic carbocycles. The molecule has 0 spiro atoms. The summed E-state index contributed by atoms with van der Waals surface area (Å²) in [5, 5.41) is 19.4. The largest absolute Gasteiger partial charge is 0.467 e. The summed E-state index contributed by atoms with van der Waals surface area (Å²) in [6.45, 7) is 7.58. The van der Waals surface area contributed by atoms with E-state index in [2.05, 4.69) is 9.80 Å². The predicted octanol–water partition coefficient (Wildman–Crippen LogP) is 0.156. The molecule has 2 heterocycles. The van der Waals surface area contributed by atoms with Crippen LogP contribution in [0.5, 0.6) is 0 Å². The number of ether oxygens (including phenoxy) is 1. The Morgan fingerprint density at radius 3 is 2.43 bits per heavy atom. The fraction of sp³-hybridized carbons (Fsp3) is 0.733. The molecule has 0 aromatic carbocycles. The number of β-amino-alcohol motifs (C(OH)–C–C–N with tert-alkyl or cyclic N) is 2. The molecule has 0 bridgehead atoms. The van der Waals surface area contributed by atoms with Crippen LogP contribution < -0.4 is 0 Å². The summed E-state index contributed by atoms with van der Waals surface area (Å²) >= 11 is 0. The normalized spacial score (nSPS) is 20.5. The van der Waals surface area contributed by atoms with Crippen LogP contribution in [0.2, 0.25) is 0 Å². The minimum atomic E-state index is -0.483. The number of aliphatic hydroxyl groups is 2. The molecule has 1 saturated heterocycles. The Bertz CT molecular complexity index is 375. The molecule has 6 nitrogen and oxygen atoms in total. The number of rotatable bonds is 8. The van der Waals surface area contributed by atoms with Crippen LogP contribution in [0.3, 0.4) is 0 Å². The van der Waals surface area contributed by atoms with Crippen molar-refractivity contribution in [2.24, 2.45) is 0 Å². The van der Waals surface area contributed by atoms with Crippen molar-refractivity contribution in [3.63, 3.8) is 0 Å². The summed E-state index contributed by atoms with van der Waals surface area (Å²) in [4.78, 5) is 4.49. The van der Waals surface area contributed by atoms with Gasteiger partial charge in [-0.05, 0) is 19.1 Å². The van der Waals surface area contributed by atoms with Crippen molar-refractivity contribution in [2.75, 3.05) is 45.9 Å². The van der Waals surface area contributed by atoms with Crippen molar-refractivity contribution in [2.45, 2.75) is 25.7 Å². The van der Waals surface area contributed by atoms with Crippen molar-refractivity contribution >= 4 is 0 Å². The van der Waals surface area contributed by atoms with Gasteiger partial charge in [-0.2, -0.15) is 0 Å². The van der Waals surface area contributed by atoms with Gasteiger partial charge < -0.3 is 19.4 Å². The molecule has 1 aliphatic heterocycles. The first kappa shape index (κ1) is 16.5. The summed E-state index contributed by atoms with van der Waals surface area (Å²) in [5.74, 6) is 0.772. The number of furan rings is 1. The number of aliphatic hydroxyl groups excluding tert-OH is 2. The number of hydrogen-bond donors (Lipinski definition) is 2. The highest BCUT2D eigenvalue weighted by molar-refractivity contribution is 4.96. The van der Waals surface area contributed by atoms with Gasteiger partial charge in [-0.1, -0.05) is 0 Å². The molecule has 0 amide bonds. The summed E-state index contributed by atoms with van der Waals surface area (Å²) < 4.78 is 10.6. The second kappa shape index (κ2) is 8.51. The molecule has 1 aliphatic rings. The Kier molecular flexibility index (Phi) is 6.66. The summed E-state index contributed by atoms with van der Waals surface area (Å²) in [6.07, 6.45) is 0.849. The van der Waals surface area contributed by atoms with Crippen LogP contribution in [0.15, 0.2) is 22.8 Å². The highest BCUT2D eigenvalue weighted by Gasteiger charge is 2.19. The van der Waals surface area contributed by atoms with E-state index in [-0.39, 0.29) is 6.10 Å². The molecule has 0 saturated carbocycles. The quantitative estimate of drug-likeness (QED) is 0.712. The van der Waals surface area contributed by atoms with E-state index in [0.29, 0.717) is 19.8 Å². The van der Waals surface area contributed by atoms with Gasteiger partial charge in [0.1, 0.15) is 12.4 Å². The average Bonchev–Trinajstić information content (AvgIpc) is 2.93. The van der Waals surface area contributed by atoms with E-state index < -0.39 is 6.10 Å². The Labute approximate surface area is 125 Å². The van der Waals surface area contributed by atoms with Gasteiger partial charge in [-0.15, -0.1) is 0 Å². The smallest absolute Gasteiger partial charge is 0.129 e. The number of nitrogens with zero attached hydrogens (tertiary/aromatic N) is 2. The molecule has 0 unspecified atom stereocenters. The zero-order valence-electron chi connectivity index (χ0n) is 12.6. The lowest BCUT2D eigenvalue weighted by Crippen LogP contribution is -2.50. The molecule has 1 aromatic rings. The number of hydrogen-bond acceptors (Lipinski definition) is 6. The maximum Gasteiger partial charge on any atom is 0.129 e. The minimum absolute atomic E-state index is 0.280. The van der Waals surface area contributed by atoms with E-state index >= 15 is 0 Å². The zero-order chi connectivity index (χ0) is 15.1. The molecule has 0 radical (unpaired) electrons. The molecular formula is C15H26N2O4. The van der Waals surface area contributed by atoms with Gasteiger partial charge in [0.05, 0.1) is 25.1 Å². The van der Waals surface area contributed by atoms with E-state index in [9.17, 15) is 10.2 Å². The zero-order valence-corrected chi connectivity index (χ0v) is 12.6. The number of piperazine rings is 1. The summed E-state index contributed by atoms with van der Waals surface area (Å²) in [6, 6.07) is 3.68. The van der Waals surface area contributed by atoms with Crippen molar-refractivity contribution < 1.29 is 19.4 Å². The highest BCUT2D eigenvalue weighted by Crippen LogP contribution is 2.05. The third-order valence-corrected chi connectivity index (χ3v) is 3.59. The lowest BCUT2D eigenvalue weighted by molar-refractivity contribution is -0.00507. The second-order valence-electron chi connectivity index (χ2n) is 5.70. The Morgan fingerprint density at radius 1 is 1.19 bits per heavy atom. The molecular weight excluding hydrogens is 272 g/mol. The first-order valence-corrected chi connectivity index (χ1v) is 7.54. The fourth-order valence-corrected chi connectivity index (χ4v) is 2.57. The van der Waals surface area contributed by atoms with E-state index in [1.807, 2.05) is 19.1 Å². The lowest BCUT2D eigenvalue weighted by atomic mass is 10.2. The van der Waals surface area contributed by atoms with Crippen LogP contribution in [0.4, 0.5) is 0 Å². The van der Waals surface area contributed by atoms with Crippen molar-refractivity contribution in [3.05, 3.63) is 24.2 Å². The lowest BCUT2D eigenvalue weighted by Gasteiger charge is -2.36. The molecule has 2 atom stereocenters. The van der Waals surface area contributed by atoms with Gasteiger partial charge >= 0.3 is 0 Å². The molecule has 2 N–H and O–H groups in total. The SMILES string of the molecule is C[C@H](O)CN1CCN(C[C@@H](O)COCc2ccco2)CC1. The predicted molar refractivity (Wildman–Crippen MR) is 78.9 cm³/mol. The van der Waals surface area contributed by atoms with Crippen LogP contribution in [-0.4, -0.2) is 78.1 Å². The molecule has 120 valence electrons. The maximum absolute atomic E-state index is 9.99.